The molecule has 0 radical (unpaired) electrons. The van der Waals surface area contributed by atoms with Crippen molar-refractivity contribution in [2.24, 2.45) is 0 Å². The van der Waals surface area contributed by atoms with Gasteiger partial charge in [-0.2, -0.15) is 0 Å². The van der Waals surface area contributed by atoms with Crippen LogP contribution in [0.4, 0.5) is 18.9 Å². The van der Waals surface area contributed by atoms with E-state index in [2.05, 4.69) is 9.46 Å². The average molecular weight is 556 g/mol. The Hall–Kier alpha value is -4.26. The molecule has 9 nitrogen and oxygen atoms in total. The third-order valence-corrected chi connectivity index (χ3v) is 6.51. The normalized spacial score (nSPS) is 11.8. The average Bonchev–Trinajstić information content (AvgIpc) is 2.87. The standard InChI is InChI=1S/C25H24F3NO8S/c1-33-19-12-7-16(6-5-15-13-20(34-2)24(36-4)21(14-15)35-3)22(23(19)30)29-38(31,32)18-10-8-17(9-11-18)37-25(26,27)28/h5-14,29-30H,1-4H3/b6-5-. The van der Waals surface area contributed by atoms with Crippen molar-refractivity contribution in [3.05, 3.63) is 59.7 Å². The number of hydrogen-bond acceptors (Lipinski definition) is 8. The summed E-state index contributed by atoms with van der Waals surface area (Å²) in [5.74, 6) is 0.0663. The highest BCUT2D eigenvalue weighted by Crippen LogP contribution is 2.41. The van der Waals surface area contributed by atoms with Gasteiger partial charge in [0.05, 0.1) is 33.3 Å². The van der Waals surface area contributed by atoms with Crippen molar-refractivity contribution in [3.63, 3.8) is 0 Å². The number of anilines is 1. The highest BCUT2D eigenvalue weighted by Gasteiger charge is 2.31. The van der Waals surface area contributed by atoms with Gasteiger partial charge in [0.15, 0.2) is 23.0 Å². The number of alkyl halides is 3. The molecule has 3 aromatic rings. The van der Waals surface area contributed by atoms with Crippen molar-refractivity contribution in [2.75, 3.05) is 33.2 Å². The zero-order valence-corrected chi connectivity index (χ0v) is 21.4. The number of sulfonamides is 1. The Labute approximate surface area is 217 Å². The SMILES string of the molecule is COc1ccc(/C=C\c2cc(OC)c(OC)c(OC)c2)c(NS(=O)(=O)c2ccc(OC(F)(F)F)cc2)c1O. The van der Waals surface area contributed by atoms with Crippen molar-refractivity contribution in [1.29, 1.82) is 0 Å². The molecule has 0 saturated heterocycles. The van der Waals surface area contributed by atoms with Gasteiger partial charge >= 0.3 is 6.36 Å². The van der Waals surface area contributed by atoms with Gasteiger partial charge < -0.3 is 28.8 Å². The monoisotopic (exact) mass is 555 g/mol. The molecule has 0 bridgehead atoms. The number of rotatable bonds is 10. The lowest BCUT2D eigenvalue weighted by Crippen LogP contribution is -2.17. The maximum Gasteiger partial charge on any atom is 0.573 e. The maximum atomic E-state index is 13.0. The van der Waals surface area contributed by atoms with Crippen LogP contribution in [0, 0.1) is 0 Å². The van der Waals surface area contributed by atoms with Gasteiger partial charge in [-0.15, -0.1) is 13.2 Å². The van der Waals surface area contributed by atoms with Crippen LogP contribution < -0.4 is 28.4 Å². The van der Waals surface area contributed by atoms with Crippen molar-refractivity contribution in [1.82, 2.24) is 0 Å². The molecule has 3 rings (SSSR count). The number of phenolic OH excluding ortho intramolecular Hbond substituents is 1. The van der Waals surface area contributed by atoms with Gasteiger partial charge in [0.1, 0.15) is 11.4 Å². The quantitative estimate of drug-likeness (QED) is 0.256. The third kappa shape index (κ3) is 6.54. The van der Waals surface area contributed by atoms with Crippen molar-refractivity contribution in [2.45, 2.75) is 11.3 Å². The van der Waals surface area contributed by atoms with Crippen molar-refractivity contribution in [3.8, 4) is 34.5 Å². The summed E-state index contributed by atoms with van der Waals surface area (Å²) in [4.78, 5) is -0.367. The van der Waals surface area contributed by atoms with E-state index < -0.39 is 27.9 Å². The van der Waals surface area contributed by atoms with E-state index in [1.807, 2.05) is 0 Å². The minimum atomic E-state index is -4.93. The zero-order valence-electron chi connectivity index (χ0n) is 20.6. The topological polar surface area (TPSA) is 113 Å². The lowest BCUT2D eigenvalue weighted by molar-refractivity contribution is -0.274. The van der Waals surface area contributed by atoms with Crippen LogP contribution in [-0.2, 0) is 10.0 Å². The molecule has 0 amide bonds. The molecule has 0 aromatic heterocycles. The zero-order chi connectivity index (χ0) is 28.1. The predicted octanol–water partition coefficient (Wildman–Crippen LogP) is 5.30. The fraction of sp³-hybridized carbons (Fsp3) is 0.200. The summed E-state index contributed by atoms with van der Waals surface area (Å²) in [6, 6.07) is 9.86. The number of hydrogen-bond donors (Lipinski definition) is 2. The maximum absolute atomic E-state index is 13.0. The Morgan fingerprint density at radius 3 is 1.89 bits per heavy atom. The first-order chi connectivity index (χ1) is 17.9. The molecule has 0 aliphatic carbocycles. The molecule has 3 aromatic carbocycles. The fourth-order valence-electron chi connectivity index (χ4n) is 3.40. The largest absolute Gasteiger partial charge is 0.573 e. The first-order valence-electron chi connectivity index (χ1n) is 10.7. The Bertz CT molecular complexity index is 1400. The number of methoxy groups -OCH3 is 4. The molecule has 0 aliphatic heterocycles. The van der Waals surface area contributed by atoms with E-state index in [9.17, 15) is 26.7 Å². The van der Waals surface area contributed by atoms with Crippen LogP contribution in [0.15, 0.2) is 53.4 Å². The van der Waals surface area contributed by atoms with Gasteiger partial charge in [-0.25, -0.2) is 8.42 Å². The van der Waals surface area contributed by atoms with E-state index in [0.29, 0.717) is 22.8 Å². The van der Waals surface area contributed by atoms with E-state index in [1.54, 1.807) is 18.2 Å². The first-order valence-corrected chi connectivity index (χ1v) is 12.2. The van der Waals surface area contributed by atoms with E-state index >= 15 is 0 Å². The minimum absolute atomic E-state index is 0.0124. The molecule has 38 heavy (non-hydrogen) atoms. The third-order valence-electron chi connectivity index (χ3n) is 5.14. The van der Waals surface area contributed by atoms with Gasteiger partial charge in [-0.1, -0.05) is 12.2 Å². The van der Waals surface area contributed by atoms with Gasteiger partial charge in [-0.3, -0.25) is 4.72 Å². The van der Waals surface area contributed by atoms with Gasteiger partial charge in [0, 0.05) is 5.56 Å². The van der Waals surface area contributed by atoms with Crippen molar-refractivity contribution < 1.29 is 50.4 Å². The number of phenols is 1. The molecule has 2 N–H and O–H groups in total. The highest BCUT2D eigenvalue weighted by atomic mass is 32.2. The molecular formula is C25H24F3NO8S. The number of nitrogens with one attached hydrogen (secondary N) is 1. The van der Waals surface area contributed by atoms with Crippen LogP contribution in [0.5, 0.6) is 34.5 Å². The highest BCUT2D eigenvalue weighted by molar-refractivity contribution is 7.92. The number of ether oxygens (including phenoxy) is 5. The van der Waals surface area contributed by atoms with Crippen LogP contribution in [0.2, 0.25) is 0 Å². The lowest BCUT2D eigenvalue weighted by Gasteiger charge is -2.15. The summed E-state index contributed by atoms with van der Waals surface area (Å²) in [5, 5.41) is 10.7. The van der Waals surface area contributed by atoms with Crippen LogP contribution in [0.25, 0.3) is 12.2 Å². The van der Waals surface area contributed by atoms with Crippen LogP contribution in [0.3, 0.4) is 0 Å². The van der Waals surface area contributed by atoms with Gasteiger partial charge in [0.2, 0.25) is 5.75 Å². The molecule has 0 fully saturated rings. The molecule has 0 heterocycles. The Kier molecular flexibility index (Phi) is 8.51. The molecule has 0 aliphatic rings. The van der Waals surface area contributed by atoms with E-state index in [1.165, 1.54) is 46.6 Å². The predicted molar refractivity (Wildman–Crippen MR) is 134 cm³/mol. The van der Waals surface area contributed by atoms with Gasteiger partial charge in [0.25, 0.3) is 10.0 Å². The summed E-state index contributed by atoms with van der Waals surface area (Å²) in [6.07, 6.45) is -1.78. The summed E-state index contributed by atoms with van der Waals surface area (Å²) in [5.41, 5.74) is 0.630. The second-order valence-electron chi connectivity index (χ2n) is 7.50. The summed E-state index contributed by atoms with van der Waals surface area (Å²) in [6.45, 7) is 0. The van der Waals surface area contributed by atoms with Crippen LogP contribution >= 0.6 is 0 Å². The minimum Gasteiger partial charge on any atom is -0.503 e. The smallest absolute Gasteiger partial charge is 0.503 e. The summed E-state index contributed by atoms with van der Waals surface area (Å²) >= 11 is 0. The second-order valence-corrected chi connectivity index (χ2v) is 9.18. The molecule has 0 unspecified atom stereocenters. The van der Waals surface area contributed by atoms with Gasteiger partial charge in [-0.05, 0) is 54.1 Å². The molecule has 0 saturated carbocycles. The molecule has 204 valence electrons. The number of aromatic hydroxyl groups is 1. The fourth-order valence-corrected chi connectivity index (χ4v) is 4.49. The van der Waals surface area contributed by atoms with E-state index in [-0.39, 0.29) is 21.9 Å². The Morgan fingerprint density at radius 1 is 0.816 bits per heavy atom. The lowest BCUT2D eigenvalue weighted by atomic mass is 10.1. The molecule has 0 atom stereocenters. The number of halogens is 3. The summed E-state index contributed by atoms with van der Waals surface area (Å²) < 4.78 is 90.4. The molecule has 0 spiro atoms. The van der Waals surface area contributed by atoms with Crippen LogP contribution in [0.1, 0.15) is 11.1 Å². The van der Waals surface area contributed by atoms with Crippen molar-refractivity contribution >= 4 is 27.9 Å². The number of benzene rings is 3. The second kappa shape index (κ2) is 11.4. The summed E-state index contributed by atoms with van der Waals surface area (Å²) in [7, 11) is 1.32. The van der Waals surface area contributed by atoms with E-state index in [4.69, 9.17) is 18.9 Å². The Balaban J connectivity index is 2.00. The van der Waals surface area contributed by atoms with Crippen LogP contribution in [-0.4, -0.2) is 48.3 Å². The molecular weight excluding hydrogens is 531 g/mol. The Morgan fingerprint density at radius 2 is 1.39 bits per heavy atom. The first kappa shape index (κ1) is 28.3. The van der Waals surface area contributed by atoms with E-state index in [0.717, 1.165) is 24.3 Å². The molecule has 13 heteroatoms.